The first kappa shape index (κ1) is 62.8. The van der Waals surface area contributed by atoms with Gasteiger partial charge in [0.25, 0.3) is 37.6 Å². The lowest BCUT2D eigenvalue weighted by atomic mass is 9.73. The molecule has 0 bridgehead atoms. The van der Waals surface area contributed by atoms with Gasteiger partial charge in [-0.3, -0.25) is 39.1 Å². The van der Waals surface area contributed by atoms with Crippen LogP contribution >= 0.6 is 23.4 Å². The lowest BCUT2D eigenvalue weighted by Crippen LogP contribution is -2.54. The van der Waals surface area contributed by atoms with Crippen LogP contribution in [0.2, 0.25) is 5.02 Å². The SMILES string of the molecule is CN(CCCCNc1cccc2c1C(=O)N(C1CCC(=O)NC1=O)C2=O)CC[C@H](CSc1ccccc1)Nc1ccc(S(=O)(=O)NC(=O)c2ccc(N3CCN(CC4=C(c5ccc(Cl)cc5)CCC(C)(C)C4)CC3)cc2)cc1S(=O)(=O)C(F)(F)F. The molecule has 4 N–H and O–H groups in total. The van der Waals surface area contributed by atoms with E-state index in [0.29, 0.717) is 68.8 Å². The Labute approximate surface area is 503 Å². The predicted octanol–water partition coefficient (Wildman–Crippen LogP) is 9.73. The molecule has 0 radical (unpaired) electrons. The standard InChI is InChI=1S/C61H68ClF3N8O9S3/c1-60(2)28-26-48(40-14-18-43(62)19-15-40)42(37-60)38-71-32-34-72(35-33-71)45-20-16-41(17-21-45)56(75)69-85(81,82)47-22-23-50(53(36-47)84(79,80)61(63,64)65)67-44(39-83-46-10-5-4-6-11-46)27-31-70(3)30-8-7-29-66-51-13-9-12-49-55(51)59(78)73(58(49)77)52-24-25-54(74)68-57(52)76/h4-6,9-23,36,44,52,66-67H,7-8,24-35,37-39H2,1-3H3,(H,69,75)(H,68,74,76)/t44-,52?/m1/s1. The maximum absolute atomic E-state index is 14.5. The summed E-state index contributed by atoms with van der Waals surface area (Å²) < 4.78 is 99.5. The lowest BCUT2D eigenvalue weighted by molar-refractivity contribution is -0.136. The van der Waals surface area contributed by atoms with E-state index < -0.39 is 82.5 Å². The zero-order valence-electron chi connectivity index (χ0n) is 47.3. The van der Waals surface area contributed by atoms with Gasteiger partial charge in [0.2, 0.25) is 11.8 Å². The van der Waals surface area contributed by atoms with Crippen molar-refractivity contribution in [3.63, 3.8) is 0 Å². The molecule has 4 aliphatic rings. The van der Waals surface area contributed by atoms with Gasteiger partial charge in [0.05, 0.1) is 21.7 Å². The minimum atomic E-state index is -6.16. The van der Waals surface area contributed by atoms with Crippen molar-refractivity contribution >= 4 is 95.4 Å². The first-order valence-electron chi connectivity index (χ1n) is 28.2. The normalized spacial score (nSPS) is 18.1. The molecule has 0 aromatic heterocycles. The van der Waals surface area contributed by atoms with Crippen molar-refractivity contribution < 1.29 is 54.0 Å². The number of unbranched alkanes of at least 4 members (excludes halogenated alkanes) is 1. The van der Waals surface area contributed by atoms with E-state index in [1.54, 1.807) is 24.3 Å². The third-order valence-electron chi connectivity index (χ3n) is 15.9. The molecule has 5 aromatic carbocycles. The van der Waals surface area contributed by atoms with Crippen molar-refractivity contribution in [1.82, 2.24) is 24.7 Å². The minimum Gasteiger partial charge on any atom is -0.384 e. The zero-order chi connectivity index (χ0) is 60.8. The number of piperazine rings is 1. The van der Waals surface area contributed by atoms with Crippen molar-refractivity contribution in [3.05, 3.63) is 148 Å². The van der Waals surface area contributed by atoms with E-state index in [4.69, 9.17) is 11.6 Å². The summed E-state index contributed by atoms with van der Waals surface area (Å²) in [5.74, 6) is -3.22. The van der Waals surface area contributed by atoms with Crippen LogP contribution in [0, 0.1) is 5.41 Å². The Balaban J connectivity index is 0.813. The number of imide groups is 2. The summed E-state index contributed by atoms with van der Waals surface area (Å²) in [7, 11) is -9.24. The number of hydrogen-bond acceptors (Lipinski definition) is 15. The van der Waals surface area contributed by atoms with E-state index in [0.717, 1.165) is 66.5 Å². The third-order valence-corrected chi connectivity index (χ3v) is 20.2. The first-order chi connectivity index (χ1) is 40.4. The highest BCUT2D eigenvalue weighted by atomic mass is 35.5. The number of allylic oxidation sites excluding steroid dienone is 1. The second-order valence-electron chi connectivity index (χ2n) is 22.6. The number of amides is 5. The minimum absolute atomic E-state index is 0.00319. The number of piperidine rings is 1. The summed E-state index contributed by atoms with van der Waals surface area (Å²) in [4.78, 5) is 70.8. The molecule has 0 saturated carbocycles. The molecular weight excluding hydrogens is 1180 g/mol. The average Bonchev–Trinajstić information content (AvgIpc) is 2.11. The predicted molar refractivity (Wildman–Crippen MR) is 323 cm³/mol. The van der Waals surface area contributed by atoms with Gasteiger partial charge in [-0.15, -0.1) is 11.8 Å². The van der Waals surface area contributed by atoms with E-state index in [9.17, 15) is 54.0 Å². The highest BCUT2D eigenvalue weighted by Gasteiger charge is 2.49. The van der Waals surface area contributed by atoms with Crippen LogP contribution in [0.5, 0.6) is 0 Å². The number of anilines is 3. The van der Waals surface area contributed by atoms with Crippen LogP contribution in [0.4, 0.5) is 30.2 Å². The smallest absolute Gasteiger partial charge is 0.384 e. The summed E-state index contributed by atoms with van der Waals surface area (Å²) in [6.45, 7) is 9.83. The molecule has 3 aliphatic heterocycles. The number of sulfonamides is 1. The Morgan fingerprint density at radius 2 is 1.55 bits per heavy atom. The summed E-state index contributed by atoms with van der Waals surface area (Å²) in [5.41, 5.74) is -0.600. The number of carbonyl (C=O) groups excluding carboxylic acids is 5. The van der Waals surface area contributed by atoms with Gasteiger partial charge in [-0.1, -0.05) is 67.4 Å². The molecular formula is C61H68ClF3N8O9S3. The number of nitrogens with zero attached hydrogens (tertiary/aromatic N) is 4. The van der Waals surface area contributed by atoms with Gasteiger partial charge < -0.3 is 20.4 Å². The Morgan fingerprint density at radius 3 is 2.25 bits per heavy atom. The molecule has 2 fully saturated rings. The Kier molecular flexibility index (Phi) is 19.5. The van der Waals surface area contributed by atoms with Crippen LogP contribution in [-0.4, -0.2) is 144 Å². The second kappa shape index (κ2) is 26.5. The number of fused-ring (bicyclic) bond motifs is 1. The van der Waals surface area contributed by atoms with Gasteiger partial charge in [-0.25, -0.2) is 21.6 Å². The maximum atomic E-state index is 14.5. The molecule has 2 atom stereocenters. The number of thioether (sulfide) groups is 1. The lowest BCUT2D eigenvalue weighted by Gasteiger charge is -2.39. The molecule has 1 aliphatic carbocycles. The van der Waals surface area contributed by atoms with E-state index in [1.807, 2.05) is 59.1 Å². The van der Waals surface area contributed by atoms with Crippen LogP contribution in [0.25, 0.3) is 5.57 Å². The maximum Gasteiger partial charge on any atom is 0.501 e. The number of sulfone groups is 1. The van der Waals surface area contributed by atoms with Crippen LogP contribution < -0.4 is 25.6 Å². The number of hydrogen-bond donors (Lipinski definition) is 4. The monoisotopic (exact) mass is 1240 g/mol. The fourth-order valence-electron chi connectivity index (χ4n) is 11.2. The van der Waals surface area contributed by atoms with E-state index in [1.165, 1.54) is 46.7 Å². The van der Waals surface area contributed by atoms with Crippen LogP contribution in [0.1, 0.15) is 102 Å². The Morgan fingerprint density at radius 1 is 0.835 bits per heavy atom. The van der Waals surface area contributed by atoms with Crippen molar-refractivity contribution in [2.24, 2.45) is 5.41 Å². The summed E-state index contributed by atoms with van der Waals surface area (Å²) in [5, 5.41) is 9.11. The van der Waals surface area contributed by atoms with E-state index in [2.05, 4.69) is 51.7 Å². The Bertz CT molecular complexity index is 3590. The largest absolute Gasteiger partial charge is 0.501 e. The molecule has 5 aromatic rings. The Hall–Kier alpha value is -6.76. The molecule has 0 spiro atoms. The molecule has 85 heavy (non-hydrogen) atoms. The molecule has 1 unspecified atom stereocenters. The van der Waals surface area contributed by atoms with Gasteiger partial charge in [0.1, 0.15) is 10.9 Å². The number of rotatable bonds is 23. The van der Waals surface area contributed by atoms with Crippen LogP contribution in [0.15, 0.2) is 136 Å². The van der Waals surface area contributed by atoms with Crippen molar-refractivity contribution in [2.45, 2.75) is 97.5 Å². The molecule has 17 nitrogen and oxygen atoms in total. The molecule has 24 heteroatoms. The zero-order valence-corrected chi connectivity index (χ0v) is 50.6. The fourth-order valence-corrected chi connectivity index (χ4v) is 14.3. The third kappa shape index (κ3) is 15.1. The summed E-state index contributed by atoms with van der Waals surface area (Å²) in [6.07, 6.45) is 4.70. The second-order valence-corrected chi connectivity index (χ2v) is 27.8. The highest BCUT2D eigenvalue weighted by molar-refractivity contribution is 7.99. The van der Waals surface area contributed by atoms with E-state index >= 15 is 0 Å². The number of carbonyl (C=O) groups is 5. The van der Waals surface area contributed by atoms with Crippen LogP contribution in [0.3, 0.4) is 0 Å². The molecule has 9 rings (SSSR count). The first-order valence-corrected chi connectivity index (χ1v) is 32.5. The highest BCUT2D eigenvalue weighted by Crippen LogP contribution is 2.43. The molecule has 3 heterocycles. The molecule has 2 saturated heterocycles. The quantitative estimate of drug-likeness (QED) is 0.0272. The summed E-state index contributed by atoms with van der Waals surface area (Å²) in [6, 6.07) is 28.9. The van der Waals surface area contributed by atoms with Gasteiger partial charge in [-0.05, 0) is 160 Å². The average molecular weight is 1250 g/mol. The number of nitrogens with one attached hydrogen (secondary N) is 4. The van der Waals surface area contributed by atoms with Gasteiger partial charge in [0.15, 0.2) is 0 Å². The number of alkyl halides is 3. The van der Waals surface area contributed by atoms with Crippen molar-refractivity contribution in [2.75, 3.05) is 80.7 Å². The van der Waals surface area contributed by atoms with E-state index in [-0.39, 0.29) is 40.7 Å². The number of halogens is 4. The van der Waals surface area contributed by atoms with Crippen molar-refractivity contribution in [3.8, 4) is 0 Å². The van der Waals surface area contributed by atoms with Gasteiger partial charge in [0, 0.05) is 84.3 Å². The van der Waals surface area contributed by atoms with Crippen LogP contribution in [-0.2, 0) is 29.4 Å². The van der Waals surface area contributed by atoms with Crippen molar-refractivity contribution in [1.29, 1.82) is 0 Å². The van der Waals surface area contributed by atoms with Gasteiger partial charge >= 0.3 is 5.51 Å². The fraction of sp³-hybridized carbons (Fsp3) is 0.393. The molecule has 5 amide bonds. The number of benzene rings is 5. The van der Waals surface area contributed by atoms with Gasteiger partial charge in [-0.2, -0.15) is 13.2 Å². The summed E-state index contributed by atoms with van der Waals surface area (Å²) >= 11 is 7.60. The molecule has 452 valence electrons. The topological polar surface area (TPSA) is 215 Å².